The number of halogens is 23. The molecule has 1 aliphatic rings. The first-order chi connectivity index (χ1) is 16.5. The minimum atomic E-state index is -8.45. The van der Waals surface area contributed by atoms with Crippen LogP contribution in [-0.2, 0) is 19.2 Å². The van der Waals surface area contributed by atoms with Gasteiger partial charge in [0.1, 0.15) is 0 Å². The van der Waals surface area contributed by atoms with Crippen LogP contribution < -0.4 is 0 Å². The van der Waals surface area contributed by atoms with Gasteiger partial charge in [-0.05, 0) is 0 Å². The van der Waals surface area contributed by atoms with E-state index in [1.54, 1.807) is 4.89 Å². The summed E-state index contributed by atoms with van der Waals surface area (Å²) in [6.07, 6.45) is -59.3. The molecule has 0 saturated carbocycles. The smallest absolute Gasteiger partial charge is 0.272 e. The zero-order chi connectivity index (χ0) is 31.9. The fourth-order valence-corrected chi connectivity index (χ4v) is 2.26. The Labute approximate surface area is 194 Å². The van der Waals surface area contributed by atoms with Gasteiger partial charge in [-0.25, -0.2) is 8.78 Å². The van der Waals surface area contributed by atoms with Crippen LogP contribution in [0.4, 0.5) is 101 Å². The molecule has 3 atom stereocenters. The molecule has 1 fully saturated rings. The number of ether oxygens (including phenoxy) is 2. The highest BCUT2D eigenvalue weighted by atomic mass is 19.4. The molecule has 0 amide bonds. The lowest BCUT2D eigenvalue weighted by Crippen LogP contribution is -2.90. The Morgan fingerprint density at radius 3 is 1.31 bits per heavy atom. The summed E-state index contributed by atoms with van der Waals surface area (Å²) < 4.78 is 302. The minimum Gasteiger partial charge on any atom is -0.272 e. The molecule has 1 rings (SSSR count). The summed E-state index contributed by atoms with van der Waals surface area (Å²) in [7, 11) is 0. The zero-order valence-electron chi connectivity index (χ0n) is 16.3. The van der Waals surface area contributed by atoms with Crippen LogP contribution in [0, 0.1) is 6.17 Å². The van der Waals surface area contributed by atoms with Crippen LogP contribution in [0.15, 0.2) is 0 Å². The maximum absolute atomic E-state index is 14.7. The van der Waals surface area contributed by atoms with Crippen molar-refractivity contribution in [2.75, 3.05) is 0 Å². The van der Waals surface area contributed by atoms with Gasteiger partial charge < -0.3 is 0 Å². The van der Waals surface area contributed by atoms with Gasteiger partial charge >= 0.3 is 72.4 Å². The molecule has 0 bridgehead atoms. The van der Waals surface area contributed by atoms with Crippen molar-refractivity contribution in [1.82, 2.24) is 0 Å². The Morgan fingerprint density at radius 2 is 1.03 bits per heavy atom. The lowest BCUT2D eigenvalue weighted by molar-refractivity contribution is -0.694. The summed E-state index contributed by atoms with van der Waals surface area (Å²) in [4.78, 5) is 3.55. The second-order valence-electron chi connectivity index (χ2n) is 6.67. The van der Waals surface area contributed by atoms with Gasteiger partial charge in [-0.2, -0.15) is 102 Å². The Bertz CT molecular complexity index is 889. The molecule has 0 aromatic rings. The third kappa shape index (κ3) is 4.99. The van der Waals surface area contributed by atoms with Gasteiger partial charge in [-0.1, -0.05) is 0 Å². The highest BCUT2D eigenvalue weighted by Gasteiger charge is 3.03. The van der Waals surface area contributed by atoms with Crippen LogP contribution in [0.25, 0.3) is 0 Å². The molecule has 3 unspecified atom stereocenters. The molecule has 1 radical (unpaired) electrons. The van der Waals surface area contributed by atoms with E-state index in [0.29, 0.717) is 0 Å². The molecule has 1 aliphatic heterocycles. The molecule has 1 heterocycles. The van der Waals surface area contributed by atoms with Crippen molar-refractivity contribution >= 4 is 0 Å². The van der Waals surface area contributed by atoms with Gasteiger partial charge in [0.05, 0.1) is 0 Å². The molecule has 4 nitrogen and oxygen atoms in total. The molecular formula is C12F23O4. The van der Waals surface area contributed by atoms with E-state index in [1.807, 2.05) is 9.62 Å². The van der Waals surface area contributed by atoms with Crippen molar-refractivity contribution < 1.29 is 120 Å². The van der Waals surface area contributed by atoms with Gasteiger partial charge in [-0.3, -0.25) is 9.47 Å². The monoisotopic (exact) mass is 645 g/mol. The van der Waals surface area contributed by atoms with Gasteiger partial charge in [0.15, 0.2) is 0 Å². The Balaban J connectivity index is 4.02. The standard InChI is InChI=1S/C12F23O4/c13-1(2(14,15)16)3(17,18)38-39-7(4(19,8(23,24)25)11(32,33)37-7)6(22,10(29,30)31)36-12(34,35)5(20,21)9(26,27)28. The van der Waals surface area contributed by atoms with Crippen LogP contribution in [0.1, 0.15) is 0 Å². The topological polar surface area (TPSA) is 36.9 Å². The fourth-order valence-electron chi connectivity index (χ4n) is 2.26. The molecule has 0 aromatic heterocycles. The third-order valence-corrected chi connectivity index (χ3v) is 4.06. The van der Waals surface area contributed by atoms with Gasteiger partial charge in [0.25, 0.3) is 0 Å². The number of hydrogen-bond donors (Lipinski definition) is 0. The van der Waals surface area contributed by atoms with E-state index in [2.05, 4.69) is 0 Å². The van der Waals surface area contributed by atoms with Crippen LogP contribution in [0.5, 0.6) is 0 Å². The maximum atomic E-state index is 14.7. The van der Waals surface area contributed by atoms with Crippen molar-refractivity contribution in [2.45, 2.75) is 66.3 Å². The lowest BCUT2D eigenvalue weighted by Gasteiger charge is -2.59. The summed E-state index contributed by atoms with van der Waals surface area (Å²) in [5, 5.41) is 0. The minimum absolute atomic E-state index is 1.30. The first-order valence-electron chi connectivity index (χ1n) is 7.99. The van der Waals surface area contributed by atoms with Crippen molar-refractivity contribution in [3.8, 4) is 0 Å². The van der Waals surface area contributed by atoms with E-state index in [0.717, 1.165) is 0 Å². The van der Waals surface area contributed by atoms with Gasteiger partial charge in [0.2, 0.25) is 0 Å². The van der Waals surface area contributed by atoms with Crippen molar-refractivity contribution in [3.63, 3.8) is 0 Å². The van der Waals surface area contributed by atoms with Crippen LogP contribution >= 0.6 is 0 Å². The average Bonchev–Trinajstić information content (AvgIpc) is 2.65. The van der Waals surface area contributed by atoms with E-state index >= 15 is 0 Å². The maximum Gasteiger partial charge on any atom is 0.462 e. The molecular weight excluding hydrogens is 645 g/mol. The van der Waals surface area contributed by atoms with Crippen molar-refractivity contribution in [3.05, 3.63) is 6.17 Å². The lowest BCUT2D eigenvalue weighted by atomic mass is 9.80. The summed E-state index contributed by atoms with van der Waals surface area (Å²) in [6, 6.07) is 0. The van der Waals surface area contributed by atoms with Crippen molar-refractivity contribution in [2.24, 2.45) is 0 Å². The molecule has 233 valence electrons. The molecule has 0 aromatic carbocycles. The molecule has 39 heavy (non-hydrogen) atoms. The second kappa shape index (κ2) is 8.86. The molecule has 0 spiro atoms. The molecule has 0 N–H and O–H groups in total. The third-order valence-electron chi connectivity index (χ3n) is 4.06. The normalized spacial score (nSPS) is 27.4. The highest BCUT2D eigenvalue weighted by molar-refractivity contribution is 5.22. The average molecular weight is 645 g/mol. The SMILES string of the molecule is F[C](C(F)(F)F)C(F)(F)OOC1(C(F)(OC(F)(F)C(F)(F)C(F)(F)F)C(F)(F)F)OC(F)(F)C1(F)C(F)(F)F. The Morgan fingerprint density at radius 1 is 0.615 bits per heavy atom. The molecule has 0 aliphatic carbocycles. The summed E-state index contributed by atoms with van der Waals surface area (Å²) in [5.41, 5.74) is -8.01. The number of hydrogen-bond acceptors (Lipinski definition) is 4. The molecule has 1 saturated heterocycles. The molecule has 27 heteroatoms. The van der Waals surface area contributed by atoms with Crippen LogP contribution in [0.2, 0.25) is 0 Å². The predicted molar refractivity (Wildman–Crippen MR) is 63.1 cm³/mol. The zero-order valence-corrected chi connectivity index (χ0v) is 16.3. The summed E-state index contributed by atoms with van der Waals surface area (Å²) >= 11 is 0. The Hall–Kier alpha value is -1.77. The summed E-state index contributed by atoms with van der Waals surface area (Å²) in [5.74, 6) is -24.4. The van der Waals surface area contributed by atoms with Gasteiger partial charge in [-0.15, -0.1) is 0 Å². The highest BCUT2D eigenvalue weighted by Crippen LogP contribution is 2.70. The Kier molecular flexibility index (Phi) is 8.01. The number of rotatable bonds is 8. The van der Waals surface area contributed by atoms with E-state index in [9.17, 15) is 101 Å². The predicted octanol–water partition coefficient (Wildman–Crippen LogP) is 7.22. The number of alkyl halides is 22. The van der Waals surface area contributed by atoms with Crippen LogP contribution in [0.3, 0.4) is 0 Å². The van der Waals surface area contributed by atoms with Gasteiger partial charge in [0, 0.05) is 0 Å². The fraction of sp³-hybridized carbons (Fsp3) is 0.917. The first kappa shape index (κ1) is 35.3. The first-order valence-corrected chi connectivity index (χ1v) is 7.99. The van der Waals surface area contributed by atoms with Crippen molar-refractivity contribution in [1.29, 1.82) is 0 Å². The van der Waals surface area contributed by atoms with Crippen LogP contribution in [-0.4, -0.2) is 66.3 Å². The van der Waals surface area contributed by atoms with E-state index in [4.69, 9.17) is 0 Å². The van der Waals surface area contributed by atoms with E-state index in [1.165, 1.54) is 4.74 Å². The quantitative estimate of drug-likeness (QED) is 0.159. The van der Waals surface area contributed by atoms with E-state index in [-0.39, 0.29) is 0 Å². The van der Waals surface area contributed by atoms with E-state index < -0.39 is 72.4 Å². The largest absolute Gasteiger partial charge is 0.462 e. The summed E-state index contributed by atoms with van der Waals surface area (Å²) in [6.45, 7) is 0. The second-order valence-corrected chi connectivity index (χ2v) is 6.67.